The minimum atomic E-state index is -1.05. The van der Waals surface area contributed by atoms with Crippen molar-refractivity contribution in [2.24, 2.45) is 0 Å². The summed E-state index contributed by atoms with van der Waals surface area (Å²) in [5, 5.41) is 8.05. The van der Waals surface area contributed by atoms with Crippen molar-refractivity contribution in [2.45, 2.75) is 58.6 Å². The maximum atomic E-state index is 13.7. The summed E-state index contributed by atoms with van der Waals surface area (Å²) in [7, 11) is 0. The highest BCUT2D eigenvalue weighted by molar-refractivity contribution is 6.05. The Morgan fingerprint density at radius 1 is 0.911 bits per heavy atom. The van der Waals surface area contributed by atoms with Gasteiger partial charge in [-0.1, -0.05) is 18.2 Å². The number of ether oxygens (including phenoxy) is 1. The molecule has 12 heteroatoms. The van der Waals surface area contributed by atoms with Gasteiger partial charge in [-0.3, -0.25) is 15.1 Å². The largest absolute Gasteiger partial charge is 0.444 e. The third-order valence-electron chi connectivity index (χ3n) is 7.05. The highest BCUT2D eigenvalue weighted by atomic mass is 19.2. The number of nitrogens with zero attached hydrogens (tertiary/aromatic N) is 3. The van der Waals surface area contributed by atoms with Crippen LogP contribution in [0, 0.1) is 11.6 Å². The molecule has 1 saturated heterocycles. The van der Waals surface area contributed by atoms with Gasteiger partial charge < -0.3 is 25.2 Å². The number of likely N-dealkylation sites (tertiary alicyclic amines) is 1. The zero-order chi connectivity index (χ0) is 32.4. The van der Waals surface area contributed by atoms with E-state index in [1.54, 1.807) is 62.1 Å². The van der Waals surface area contributed by atoms with Crippen LogP contribution in [0.4, 0.5) is 35.4 Å². The Kier molecular flexibility index (Phi) is 11.4. The molecule has 0 radical (unpaired) electrons. The Bertz CT molecular complexity index is 1470. The third-order valence-corrected chi connectivity index (χ3v) is 7.05. The molecule has 1 aliphatic heterocycles. The van der Waals surface area contributed by atoms with Gasteiger partial charge in [0.15, 0.2) is 11.6 Å². The summed E-state index contributed by atoms with van der Waals surface area (Å²) in [6.45, 7) is 9.04. The van der Waals surface area contributed by atoms with Crippen LogP contribution >= 0.6 is 0 Å². The summed E-state index contributed by atoms with van der Waals surface area (Å²) in [4.78, 5) is 46.7. The van der Waals surface area contributed by atoms with Crippen molar-refractivity contribution >= 4 is 35.1 Å². The predicted molar refractivity (Wildman–Crippen MR) is 169 cm³/mol. The fraction of sp³-hybridized carbons (Fsp3) is 0.394. The molecule has 4 rings (SSSR count). The number of nitrogens with one attached hydrogen (secondary N) is 3. The van der Waals surface area contributed by atoms with Gasteiger partial charge in [0.2, 0.25) is 0 Å². The van der Waals surface area contributed by atoms with E-state index in [2.05, 4.69) is 25.8 Å². The number of carbonyl (C=O) groups excluding carboxylic acids is 3. The van der Waals surface area contributed by atoms with E-state index in [9.17, 15) is 23.2 Å². The van der Waals surface area contributed by atoms with Crippen molar-refractivity contribution < 1.29 is 27.9 Å². The van der Waals surface area contributed by atoms with Crippen LogP contribution in [0.25, 0.3) is 0 Å². The topological polar surface area (TPSA) is 116 Å². The molecule has 3 aromatic rings. The van der Waals surface area contributed by atoms with E-state index in [0.29, 0.717) is 23.5 Å². The lowest BCUT2D eigenvalue weighted by molar-refractivity contribution is 0.0635. The summed E-state index contributed by atoms with van der Waals surface area (Å²) >= 11 is 0. The molecular formula is C33H40F2N6O4. The number of urea groups is 1. The molecule has 0 atom stereocenters. The molecule has 45 heavy (non-hydrogen) atoms. The molecular weight excluding hydrogens is 582 g/mol. The van der Waals surface area contributed by atoms with Gasteiger partial charge >= 0.3 is 12.1 Å². The highest BCUT2D eigenvalue weighted by Crippen LogP contribution is 2.23. The standard InChI is InChI=1S/C33H40F2N6O4/c1-33(2,3)45-32(44)39-28-11-5-4-10-27(28)38-30(42)29-15-12-23(21-36-29)22-41(19-9-8-18-40-16-6-7-17-40)31(43)37-24-13-14-25(34)26(35)20-24/h4-5,10-15,20-21H,6-9,16-19,22H2,1-3H3,(H,37,43)(H,38,42)(H,39,44). The van der Waals surface area contributed by atoms with Crippen LogP contribution in [0.15, 0.2) is 60.8 Å². The Morgan fingerprint density at radius 2 is 1.62 bits per heavy atom. The first-order chi connectivity index (χ1) is 21.5. The first-order valence-electron chi connectivity index (χ1n) is 15.1. The van der Waals surface area contributed by atoms with E-state index < -0.39 is 35.3 Å². The average Bonchev–Trinajstić information content (AvgIpc) is 3.50. The SMILES string of the molecule is CC(C)(C)OC(=O)Nc1ccccc1NC(=O)c1ccc(CN(CCCCN2CCCC2)C(=O)Nc2ccc(F)c(F)c2)cn1. The van der Waals surface area contributed by atoms with Gasteiger partial charge in [-0.2, -0.15) is 0 Å². The van der Waals surface area contributed by atoms with E-state index >= 15 is 0 Å². The highest BCUT2D eigenvalue weighted by Gasteiger charge is 2.19. The molecule has 0 aliphatic carbocycles. The average molecular weight is 623 g/mol. The zero-order valence-electron chi connectivity index (χ0n) is 25.9. The van der Waals surface area contributed by atoms with Gasteiger partial charge in [-0.15, -0.1) is 0 Å². The Morgan fingerprint density at radius 3 is 2.27 bits per heavy atom. The second-order valence-electron chi connectivity index (χ2n) is 11.9. The van der Waals surface area contributed by atoms with E-state index in [-0.39, 0.29) is 17.9 Å². The molecule has 1 fully saturated rings. The van der Waals surface area contributed by atoms with Crippen molar-refractivity contribution in [3.63, 3.8) is 0 Å². The lowest BCUT2D eigenvalue weighted by Crippen LogP contribution is -2.35. The minimum Gasteiger partial charge on any atom is -0.444 e. The van der Waals surface area contributed by atoms with E-state index in [1.807, 2.05) is 0 Å². The second kappa shape index (κ2) is 15.4. The lowest BCUT2D eigenvalue weighted by Gasteiger charge is -2.24. The van der Waals surface area contributed by atoms with Crippen LogP contribution in [-0.4, -0.2) is 64.6 Å². The van der Waals surface area contributed by atoms with Crippen molar-refractivity contribution in [3.8, 4) is 0 Å². The number of halogens is 2. The normalized spacial score (nSPS) is 13.3. The maximum Gasteiger partial charge on any atom is 0.412 e. The molecule has 10 nitrogen and oxygen atoms in total. The van der Waals surface area contributed by atoms with Crippen molar-refractivity contribution in [1.82, 2.24) is 14.8 Å². The van der Waals surface area contributed by atoms with Crippen LogP contribution in [0.5, 0.6) is 0 Å². The van der Waals surface area contributed by atoms with Gasteiger partial charge in [0.05, 0.1) is 11.4 Å². The summed E-state index contributed by atoms with van der Waals surface area (Å²) in [6, 6.07) is 12.7. The molecule has 2 aromatic carbocycles. The number of pyridine rings is 1. The monoisotopic (exact) mass is 622 g/mol. The molecule has 2 heterocycles. The molecule has 1 aromatic heterocycles. The smallest absolute Gasteiger partial charge is 0.412 e. The fourth-order valence-corrected chi connectivity index (χ4v) is 4.85. The fourth-order valence-electron chi connectivity index (χ4n) is 4.85. The summed E-state index contributed by atoms with van der Waals surface area (Å²) < 4.78 is 32.4. The van der Waals surface area contributed by atoms with Crippen molar-refractivity contribution in [2.75, 3.05) is 42.1 Å². The van der Waals surface area contributed by atoms with Crippen LogP contribution in [0.3, 0.4) is 0 Å². The maximum absolute atomic E-state index is 13.7. The number of unbranched alkanes of at least 4 members (excludes halogenated alkanes) is 1. The third kappa shape index (κ3) is 10.5. The van der Waals surface area contributed by atoms with Gasteiger partial charge in [0.25, 0.3) is 5.91 Å². The van der Waals surface area contributed by atoms with Gasteiger partial charge in [0.1, 0.15) is 11.3 Å². The molecule has 0 bridgehead atoms. The molecule has 0 saturated carbocycles. The quantitative estimate of drug-likeness (QED) is 0.201. The van der Waals surface area contributed by atoms with Crippen molar-refractivity contribution in [3.05, 3.63) is 83.7 Å². The van der Waals surface area contributed by atoms with Crippen LogP contribution in [0.1, 0.15) is 62.5 Å². The molecule has 0 spiro atoms. The summed E-state index contributed by atoms with van der Waals surface area (Å²) in [6.07, 6.45) is 4.95. The van der Waals surface area contributed by atoms with Crippen LogP contribution < -0.4 is 16.0 Å². The molecule has 240 valence electrons. The van der Waals surface area contributed by atoms with Gasteiger partial charge in [-0.05, 0) is 102 Å². The van der Waals surface area contributed by atoms with Gasteiger partial charge in [-0.25, -0.2) is 18.4 Å². The Balaban J connectivity index is 1.39. The molecule has 0 unspecified atom stereocenters. The number of carbonyl (C=O) groups is 3. The number of hydrogen-bond donors (Lipinski definition) is 3. The summed E-state index contributed by atoms with van der Waals surface area (Å²) in [5.41, 5.74) is 1.01. The number of para-hydroxylation sites is 2. The summed E-state index contributed by atoms with van der Waals surface area (Å²) in [5.74, 6) is -2.54. The number of hydrogen-bond acceptors (Lipinski definition) is 6. The van der Waals surface area contributed by atoms with Crippen LogP contribution in [-0.2, 0) is 11.3 Å². The van der Waals surface area contributed by atoms with E-state index in [0.717, 1.165) is 44.6 Å². The molecule has 1 aliphatic rings. The van der Waals surface area contributed by atoms with Gasteiger partial charge in [0, 0.05) is 31.0 Å². The number of aromatic nitrogens is 1. The molecule has 3 N–H and O–H groups in total. The van der Waals surface area contributed by atoms with E-state index in [4.69, 9.17) is 4.74 Å². The minimum absolute atomic E-state index is 0.134. The van der Waals surface area contributed by atoms with Crippen LogP contribution in [0.2, 0.25) is 0 Å². The van der Waals surface area contributed by atoms with Crippen molar-refractivity contribution in [1.29, 1.82) is 0 Å². The number of rotatable bonds is 11. The number of anilines is 3. The second-order valence-corrected chi connectivity index (χ2v) is 11.9. The first-order valence-corrected chi connectivity index (χ1v) is 15.1. The number of benzene rings is 2. The number of amides is 4. The lowest BCUT2D eigenvalue weighted by atomic mass is 10.2. The predicted octanol–water partition coefficient (Wildman–Crippen LogP) is 6.87. The van der Waals surface area contributed by atoms with E-state index in [1.165, 1.54) is 25.1 Å². The zero-order valence-corrected chi connectivity index (χ0v) is 25.9. The first kappa shape index (κ1) is 33.3. The Hall–Kier alpha value is -4.58. The molecule has 4 amide bonds. The Labute approximate surface area is 262 Å².